The van der Waals surface area contributed by atoms with Crippen LogP contribution in [0.25, 0.3) is 0 Å². The van der Waals surface area contributed by atoms with Crippen LogP contribution in [0.1, 0.15) is 18.9 Å². The van der Waals surface area contributed by atoms with Crippen molar-refractivity contribution in [2.24, 2.45) is 5.92 Å². The number of aliphatic hydroxyl groups is 3. The van der Waals surface area contributed by atoms with Crippen LogP contribution in [0.2, 0.25) is 0 Å². The molecule has 3 heterocycles. The standard InChI is InChI=1S/C22H26F3N3OS.C18H22N2S.C4H6O6.2ClH/c23-22(24,25)17-6-7-21-19(16-17)28(18-4-1-2-5-20(18)30-21)9-3-8-26-10-12-27(13-11-26)14-15-29;1-14(12-19(2)3)13-20-15-8-4-6-10-17(15)21-18-11-7-5-9-16(18)20;5-1(3(7)8)2(6)4(9)10;;/h1-2,4-7,16,29H,3,8-15H2;4-11,14H,12-13H2,1-3H3;1-2,5-6H,(H,7,8)(H,9,10);2*1H. The third kappa shape index (κ3) is 14.9. The first-order chi connectivity index (χ1) is 29.1. The Morgan fingerprint density at radius 1 is 0.667 bits per heavy atom. The molecular weight excluding hydrogens is 903 g/mol. The summed E-state index contributed by atoms with van der Waals surface area (Å²) in [6.45, 7) is 10.8. The highest BCUT2D eigenvalue weighted by atomic mass is 35.5. The summed E-state index contributed by atoms with van der Waals surface area (Å²) in [6.07, 6.45) is -8.01. The van der Waals surface area contributed by atoms with E-state index in [1.165, 1.54) is 45.1 Å². The van der Waals surface area contributed by atoms with Crippen LogP contribution in [0.4, 0.5) is 35.9 Å². The number of benzene rings is 4. The largest absolute Gasteiger partial charge is 0.479 e. The van der Waals surface area contributed by atoms with Crippen LogP contribution in [0.5, 0.6) is 0 Å². The molecule has 3 unspecified atom stereocenters. The monoisotopic (exact) mass is 957 g/mol. The molecule has 63 heavy (non-hydrogen) atoms. The molecule has 0 amide bonds. The summed E-state index contributed by atoms with van der Waals surface area (Å²) in [7, 11) is 4.29. The molecule has 1 saturated heterocycles. The number of aliphatic carboxylic acids is 2. The zero-order valence-electron chi connectivity index (χ0n) is 35.2. The fraction of sp³-hybridized carbons (Fsp3) is 0.409. The van der Waals surface area contributed by atoms with Crippen LogP contribution in [0.15, 0.2) is 111 Å². The van der Waals surface area contributed by atoms with Gasteiger partial charge in [0.05, 0.1) is 34.9 Å². The predicted octanol–water partition coefficient (Wildman–Crippen LogP) is 7.52. The summed E-state index contributed by atoms with van der Waals surface area (Å²) in [6, 6.07) is 29.4. The second-order valence-corrected chi connectivity index (χ2v) is 17.4. The maximum absolute atomic E-state index is 13.3. The fourth-order valence-corrected chi connectivity index (χ4v) is 9.49. The molecule has 0 saturated carbocycles. The average molecular weight is 959 g/mol. The van der Waals surface area contributed by atoms with E-state index < -0.39 is 35.9 Å². The van der Waals surface area contributed by atoms with Gasteiger partial charge in [0.2, 0.25) is 0 Å². The van der Waals surface area contributed by atoms with Crippen molar-refractivity contribution < 1.29 is 48.3 Å². The van der Waals surface area contributed by atoms with E-state index in [0.29, 0.717) is 24.7 Å². The molecule has 3 atom stereocenters. The van der Waals surface area contributed by atoms with E-state index in [9.17, 15) is 22.8 Å². The van der Waals surface area contributed by atoms with Gasteiger partial charge in [0.15, 0.2) is 12.2 Å². The van der Waals surface area contributed by atoms with Crippen LogP contribution in [0, 0.1) is 5.92 Å². The number of nitrogens with zero attached hydrogens (tertiary/aromatic N) is 5. The third-order valence-corrected chi connectivity index (χ3v) is 12.5. The highest BCUT2D eigenvalue weighted by Crippen LogP contribution is 2.50. The Morgan fingerprint density at radius 2 is 1.10 bits per heavy atom. The van der Waals surface area contributed by atoms with Gasteiger partial charge in [-0.1, -0.05) is 66.8 Å². The first kappa shape index (κ1) is 53.6. The van der Waals surface area contributed by atoms with Gasteiger partial charge in [-0.15, -0.1) is 24.8 Å². The zero-order chi connectivity index (χ0) is 44.3. The van der Waals surface area contributed by atoms with E-state index >= 15 is 0 Å². The van der Waals surface area contributed by atoms with Gasteiger partial charge in [0, 0.05) is 71.9 Å². The maximum Gasteiger partial charge on any atom is 0.416 e. The molecule has 19 heteroatoms. The minimum atomic E-state index is -4.35. The molecule has 5 N–H and O–H groups in total. The molecule has 0 radical (unpaired) electrons. The van der Waals surface area contributed by atoms with Crippen LogP contribution < -0.4 is 9.80 Å². The van der Waals surface area contributed by atoms with Crippen molar-refractivity contribution in [1.29, 1.82) is 0 Å². The molecular formula is C44H56Cl2F3N5O7S2. The van der Waals surface area contributed by atoms with Crippen molar-refractivity contribution >= 4 is 83.0 Å². The number of anilines is 4. The van der Waals surface area contributed by atoms with Gasteiger partial charge in [-0.2, -0.15) is 13.2 Å². The number of β-amino-alcohol motifs (C(OH)–C–C–N with tert-alkyl or cyclic N) is 1. The van der Waals surface area contributed by atoms with E-state index in [2.05, 4.69) is 89.1 Å². The number of piperazine rings is 1. The summed E-state index contributed by atoms with van der Waals surface area (Å²) in [5.41, 5.74) is 3.69. The smallest absolute Gasteiger partial charge is 0.416 e. The Bertz CT molecular complexity index is 2020. The van der Waals surface area contributed by atoms with Gasteiger partial charge in [-0.05, 0) is 87.6 Å². The van der Waals surface area contributed by atoms with Gasteiger partial charge >= 0.3 is 18.1 Å². The van der Waals surface area contributed by atoms with Crippen molar-refractivity contribution in [1.82, 2.24) is 14.7 Å². The molecule has 1 fully saturated rings. The lowest BCUT2D eigenvalue weighted by Gasteiger charge is -2.36. The predicted molar refractivity (Wildman–Crippen MR) is 247 cm³/mol. The lowest BCUT2D eigenvalue weighted by Crippen LogP contribution is -2.47. The highest BCUT2D eigenvalue weighted by molar-refractivity contribution is 8.00. The number of aliphatic hydroxyl groups excluding tert-OH is 3. The summed E-state index contributed by atoms with van der Waals surface area (Å²) < 4.78 is 39.9. The van der Waals surface area contributed by atoms with Crippen molar-refractivity contribution in [3.8, 4) is 0 Å². The SMILES string of the molecule is CC(CN(C)C)CN1c2ccccc2Sc2ccccc21.Cl.Cl.O=C(O)C(O)C(O)C(=O)O.OCCN1CCN(CCCN2c3ccccc3Sc3ccc(C(F)(F)F)cc32)CC1. The lowest BCUT2D eigenvalue weighted by atomic mass is 10.1. The molecule has 3 aliphatic heterocycles. The number of rotatable bonds is 13. The molecule has 4 aromatic rings. The number of carboxylic acids is 2. The first-order valence-corrected chi connectivity index (χ1v) is 21.6. The Morgan fingerprint density at radius 3 is 1.52 bits per heavy atom. The van der Waals surface area contributed by atoms with Crippen LogP contribution in [-0.2, 0) is 15.8 Å². The van der Waals surface area contributed by atoms with Gasteiger partial charge < -0.3 is 45.1 Å². The third-order valence-electron chi connectivity index (χ3n) is 10.2. The number of para-hydroxylation sites is 3. The number of fused-ring (bicyclic) bond motifs is 4. The van der Waals surface area contributed by atoms with Crippen molar-refractivity contribution in [3.05, 3.63) is 96.6 Å². The number of hydrogen-bond acceptors (Lipinski definition) is 12. The summed E-state index contributed by atoms with van der Waals surface area (Å²) >= 11 is 3.40. The van der Waals surface area contributed by atoms with Crippen molar-refractivity contribution in [2.75, 3.05) is 89.4 Å². The molecule has 7 rings (SSSR count). The van der Waals surface area contributed by atoms with Gasteiger partial charge in [-0.3, -0.25) is 4.90 Å². The molecule has 0 bridgehead atoms. The quantitative estimate of drug-likeness (QED) is 0.0899. The first-order valence-electron chi connectivity index (χ1n) is 20.0. The van der Waals surface area contributed by atoms with E-state index in [0.717, 1.165) is 67.7 Å². The summed E-state index contributed by atoms with van der Waals surface area (Å²) in [4.78, 5) is 35.6. The van der Waals surface area contributed by atoms with Crippen LogP contribution >= 0.6 is 48.3 Å². The molecule has 12 nitrogen and oxygen atoms in total. The van der Waals surface area contributed by atoms with Gasteiger partial charge in [0.1, 0.15) is 0 Å². The maximum atomic E-state index is 13.3. The minimum Gasteiger partial charge on any atom is -0.479 e. The molecule has 0 spiro atoms. The van der Waals surface area contributed by atoms with Gasteiger partial charge in [-0.25, -0.2) is 9.59 Å². The van der Waals surface area contributed by atoms with E-state index in [-0.39, 0.29) is 31.4 Å². The van der Waals surface area contributed by atoms with Crippen molar-refractivity contribution in [3.63, 3.8) is 0 Å². The number of alkyl halides is 3. The molecule has 0 aromatic heterocycles. The van der Waals surface area contributed by atoms with E-state index in [1.54, 1.807) is 6.07 Å². The molecule has 3 aliphatic rings. The Hall–Kier alpha value is -3.75. The van der Waals surface area contributed by atoms with Gasteiger partial charge in [0.25, 0.3) is 0 Å². The highest BCUT2D eigenvalue weighted by Gasteiger charge is 2.34. The number of halogens is 5. The Labute approximate surface area is 387 Å². The topological polar surface area (TPSA) is 151 Å². The van der Waals surface area contributed by atoms with E-state index in [4.69, 9.17) is 25.5 Å². The van der Waals surface area contributed by atoms with E-state index in [1.807, 2.05) is 40.9 Å². The minimum absolute atomic E-state index is 0. The number of carbonyl (C=O) groups is 2. The van der Waals surface area contributed by atoms with Crippen LogP contribution in [0.3, 0.4) is 0 Å². The molecule has 0 aliphatic carbocycles. The number of carboxylic acid groups (broad SMARTS) is 2. The summed E-state index contributed by atoms with van der Waals surface area (Å²) in [5.74, 6) is -2.92. The second-order valence-electron chi connectivity index (χ2n) is 15.2. The van der Waals surface area contributed by atoms with Crippen molar-refractivity contribution in [2.45, 2.75) is 51.3 Å². The second kappa shape index (κ2) is 25.1. The molecule has 4 aromatic carbocycles. The molecule has 346 valence electrons. The Balaban J connectivity index is 0.000000279. The average Bonchev–Trinajstić information content (AvgIpc) is 3.23. The fourth-order valence-electron chi connectivity index (χ4n) is 7.32. The lowest BCUT2D eigenvalue weighted by molar-refractivity contribution is -0.165. The Kier molecular flexibility index (Phi) is 21.3. The normalized spacial score (nSPS) is 15.8. The number of hydrogen-bond donors (Lipinski definition) is 5. The van der Waals surface area contributed by atoms with Crippen LogP contribution in [-0.4, -0.2) is 144 Å². The summed E-state index contributed by atoms with van der Waals surface area (Å²) in [5, 5.41) is 41.6. The zero-order valence-corrected chi connectivity index (χ0v) is 38.5.